The van der Waals surface area contributed by atoms with Crippen LogP contribution in [0.4, 0.5) is 16.2 Å². The number of ether oxygens (including phenoxy) is 1. The van der Waals surface area contributed by atoms with Crippen LogP contribution >= 0.6 is 0 Å². The highest BCUT2D eigenvalue weighted by Crippen LogP contribution is 2.25. The lowest BCUT2D eigenvalue weighted by Gasteiger charge is -2.32. The minimum Gasteiger partial charge on any atom is -0.444 e. The number of carbonyl (C=O) groups is 6. The van der Waals surface area contributed by atoms with Crippen LogP contribution < -0.4 is 21.3 Å². The zero-order chi connectivity index (χ0) is 35.5. The Labute approximate surface area is 276 Å². The first-order chi connectivity index (χ1) is 22.7. The van der Waals surface area contributed by atoms with Gasteiger partial charge in [-0.3, -0.25) is 39.6 Å². The number of likely N-dealkylation sites (tertiary alicyclic amines) is 1. The molecule has 1 aliphatic rings. The fraction of sp³-hybridized carbons (Fsp3) is 0.484. The lowest BCUT2D eigenvalue weighted by atomic mass is 9.98. The topological polar surface area (TPSA) is 232 Å². The first-order valence-corrected chi connectivity index (χ1v) is 15.4. The Hall–Kier alpha value is -5.48. The third-order valence-corrected chi connectivity index (χ3v) is 7.64. The highest BCUT2D eigenvalue weighted by Gasteiger charge is 2.45. The number of amides is 5. The molecule has 0 saturated carbocycles. The van der Waals surface area contributed by atoms with Crippen molar-refractivity contribution in [3.8, 4) is 0 Å². The minimum absolute atomic E-state index is 0.00252. The van der Waals surface area contributed by atoms with Crippen molar-refractivity contribution in [2.75, 3.05) is 11.9 Å². The molecule has 48 heavy (non-hydrogen) atoms. The van der Waals surface area contributed by atoms with E-state index < -0.39 is 70.8 Å². The fourth-order valence-corrected chi connectivity index (χ4v) is 4.95. The summed E-state index contributed by atoms with van der Waals surface area (Å²) in [5, 5.41) is 21.3. The molecule has 0 radical (unpaired) electrons. The summed E-state index contributed by atoms with van der Waals surface area (Å²) in [6.45, 7) is 8.32. The number of nitrogens with zero attached hydrogens (tertiary/aromatic N) is 4. The molecule has 1 aromatic carbocycles. The van der Waals surface area contributed by atoms with E-state index in [0.29, 0.717) is 12.7 Å². The first kappa shape index (κ1) is 37.0. The summed E-state index contributed by atoms with van der Waals surface area (Å²) in [4.78, 5) is 97.1. The van der Waals surface area contributed by atoms with Crippen LogP contribution in [0.5, 0.6) is 0 Å². The Balaban J connectivity index is 1.79. The normalized spacial score (nSPS) is 17.5. The van der Waals surface area contributed by atoms with Gasteiger partial charge in [-0.2, -0.15) is 0 Å². The molecule has 5 atom stereocenters. The molecule has 3 rings (SSSR count). The van der Waals surface area contributed by atoms with Gasteiger partial charge in [-0.15, -0.1) is 0 Å². The Morgan fingerprint density at radius 2 is 1.69 bits per heavy atom. The van der Waals surface area contributed by atoms with E-state index in [1.165, 1.54) is 47.8 Å². The van der Waals surface area contributed by atoms with Crippen LogP contribution in [0.15, 0.2) is 42.9 Å². The molecule has 5 amide bonds. The van der Waals surface area contributed by atoms with E-state index in [4.69, 9.17) is 4.74 Å². The predicted molar refractivity (Wildman–Crippen MR) is 170 cm³/mol. The van der Waals surface area contributed by atoms with Gasteiger partial charge in [-0.25, -0.2) is 9.78 Å². The predicted octanol–water partition coefficient (Wildman–Crippen LogP) is 1.59. The highest BCUT2D eigenvalue weighted by atomic mass is 16.6. The zero-order valence-corrected chi connectivity index (χ0v) is 27.2. The number of non-ortho nitro benzene ring substituents is 1. The average Bonchev–Trinajstić information content (AvgIpc) is 3.48. The van der Waals surface area contributed by atoms with Crippen molar-refractivity contribution in [2.24, 2.45) is 11.8 Å². The Kier molecular flexibility index (Phi) is 13.0. The number of rotatable bonds is 14. The molecule has 17 heteroatoms. The van der Waals surface area contributed by atoms with E-state index >= 15 is 0 Å². The number of benzene rings is 1. The molecule has 1 aromatic heterocycles. The molecular formula is C31H40N8O9. The quantitative estimate of drug-likeness (QED) is 0.128. The van der Waals surface area contributed by atoms with Gasteiger partial charge in [0.15, 0.2) is 0 Å². The smallest absolute Gasteiger partial charge is 0.411 e. The third kappa shape index (κ3) is 9.76. The van der Waals surface area contributed by atoms with Crippen molar-refractivity contribution >= 4 is 47.4 Å². The number of anilines is 1. The summed E-state index contributed by atoms with van der Waals surface area (Å²) in [5.41, 5.74) is 0.0480. The number of aromatic nitrogens is 2. The van der Waals surface area contributed by atoms with Gasteiger partial charge in [-0.1, -0.05) is 34.6 Å². The van der Waals surface area contributed by atoms with Crippen molar-refractivity contribution in [1.29, 1.82) is 0 Å². The molecule has 1 aliphatic heterocycles. The Morgan fingerprint density at radius 3 is 2.23 bits per heavy atom. The average molecular weight is 669 g/mol. The number of nitro groups is 1. The van der Waals surface area contributed by atoms with Gasteiger partial charge in [0.2, 0.25) is 17.7 Å². The molecular weight excluding hydrogens is 628 g/mol. The summed E-state index contributed by atoms with van der Waals surface area (Å²) in [7, 11) is 0. The summed E-state index contributed by atoms with van der Waals surface area (Å²) >= 11 is 0. The molecule has 0 unspecified atom stereocenters. The van der Waals surface area contributed by atoms with Crippen molar-refractivity contribution in [3.05, 3.63) is 58.7 Å². The molecule has 0 bridgehead atoms. The van der Waals surface area contributed by atoms with E-state index in [1.54, 1.807) is 34.6 Å². The number of nitro benzene ring substituents is 1. The molecule has 2 heterocycles. The molecule has 4 N–H and O–H groups in total. The molecule has 1 saturated heterocycles. The zero-order valence-electron chi connectivity index (χ0n) is 27.2. The van der Waals surface area contributed by atoms with Crippen LogP contribution in [-0.2, 0) is 23.9 Å². The van der Waals surface area contributed by atoms with Gasteiger partial charge in [0.05, 0.1) is 23.7 Å². The van der Waals surface area contributed by atoms with E-state index in [-0.39, 0.29) is 36.0 Å². The van der Waals surface area contributed by atoms with Gasteiger partial charge in [-0.05, 0) is 30.4 Å². The second kappa shape index (κ2) is 16.9. The lowest BCUT2D eigenvalue weighted by molar-refractivity contribution is -0.384. The molecule has 258 valence electrons. The maximum absolute atomic E-state index is 14.1. The van der Waals surface area contributed by atoms with Gasteiger partial charge >= 0.3 is 6.09 Å². The number of nitrogens with one attached hydrogen (secondary N) is 4. The largest absolute Gasteiger partial charge is 0.444 e. The molecule has 0 aliphatic carbocycles. The van der Waals surface area contributed by atoms with Crippen LogP contribution in [0.2, 0.25) is 0 Å². The number of carbonyl (C=O) groups excluding carboxylic acids is 6. The summed E-state index contributed by atoms with van der Waals surface area (Å²) in [6.07, 6.45) is 2.87. The summed E-state index contributed by atoms with van der Waals surface area (Å²) in [6, 6.07) is 0.875. The molecule has 0 spiro atoms. The monoisotopic (exact) mass is 668 g/mol. The lowest BCUT2D eigenvalue weighted by Crippen LogP contribution is -2.59. The standard InChI is InChI=1S/C31H40N8O9/c1-6-19(16-40)34-28(42)24-13-22(48-31(45)35-20-7-9-21(10-8-20)39(46)47)15-38(24)30(44)26(18(4)5)37-29(43)25(17(2)3)36-27(41)23-14-32-11-12-33-23/h7-12,14,16-19,22,24-26H,6,13,15H2,1-5H3,(H,34,42)(H,35,45)(H,36,41)(H,37,43)/t19-,22+,24-,25-,26-/m0/s1. The first-order valence-electron chi connectivity index (χ1n) is 15.4. The van der Waals surface area contributed by atoms with Crippen LogP contribution in [0.3, 0.4) is 0 Å². The minimum atomic E-state index is -1.15. The summed E-state index contributed by atoms with van der Waals surface area (Å²) < 4.78 is 5.52. The van der Waals surface area contributed by atoms with Gasteiger partial charge in [0.25, 0.3) is 11.6 Å². The van der Waals surface area contributed by atoms with Crippen LogP contribution in [0.1, 0.15) is 57.9 Å². The fourth-order valence-electron chi connectivity index (χ4n) is 4.95. The molecule has 1 fully saturated rings. The van der Waals surface area contributed by atoms with Crippen molar-refractivity contribution in [1.82, 2.24) is 30.8 Å². The van der Waals surface area contributed by atoms with Crippen molar-refractivity contribution in [3.63, 3.8) is 0 Å². The number of hydrogen-bond acceptors (Lipinski definition) is 11. The van der Waals surface area contributed by atoms with Gasteiger partial charge in [0, 0.05) is 36.6 Å². The number of hydrogen-bond donors (Lipinski definition) is 4. The van der Waals surface area contributed by atoms with Crippen molar-refractivity contribution < 1.29 is 38.4 Å². The third-order valence-electron chi connectivity index (χ3n) is 7.64. The number of aldehydes is 1. The maximum Gasteiger partial charge on any atom is 0.411 e. The second-order valence-electron chi connectivity index (χ2n) is 11.9. The Bertz CT molecular complexity index is 1490. The van der Waals surface area contributed by atoms with Gasteiger partial charge in [0.1, 0.15) is 36.2 Å². The molecule has 2 aromatic rings. The summed E-state index contributed by atoms with van der Waals surface area (Å²) in [5.74, 6) is -3.42. The van der Waals surface area contributed by atoms with E-state index in [1.807, 2.05) is 0 Å². The Morgan fingerprint density at radius 1 is 1.02 bits per heavy atom. The van der Waals surface area contributed by atoms with Crippen LogP contribution in [-0.4, -0.2) is 92.6 Å². The molecule has 17 nitrogen and oxygen atoms in total. The van der Waals surface area contributed by atoms with E-state index in [9.17, 15) is 38.9 Å². The van der Waals surface area contributed by atoms with E-state index in [0.717, 1.165) is 0 Å². The second-order valence-corrected chi connectivity index (χ2v) is 11.9. The maximum atomic E-state index is 14.1. The van der Waals surface area contributed by atoms with Gasteiger partial charge < -0.3 is 30.4 Å². The van der Waals surface area contributed by atoms with E-state index in [2.05, 4.69) is 31.2 Å². The van der Waals surface area contributed by atoms with Crippen LogP contribution in [0.25, 0.3) is 0 Å². The van der Waals surface area contributed by atoms with Crippen molar-refractivity contribution in [2.45, 2.75) is 77.7 Å². The highest BCUT2D eigenvalue weighted by molar-refractivity contribution is 5.98. The van der Waals surface area contributed by atoms with Crippen LogP contribution in [0, 0.1) is 22.0 Å². The SMILES string of the molecule is CC[C@@H](C=O)NC(=O)[C@@H]1C[C@@H](OC(=O)Nc2ccc([N+](=O)[O-])cc2)CN1C(=O)[C@@H](NC(=O)[C@@H](NC(=O)c1cnccn1)C(C)C)C(C)C.